The maximum absolute atomic E-state index is 13.0. The van der Waals surface area contributed by atoms with Gasteiger partial charge in [-0.2, -0.15) is 0 Å². The van der Waals surface area contributed by atoms with Gasteiger partial charge in [-0.15, -0.1) is 0 Å². The third-order valence-corrected chi connectivity index (χ3v) is 2.26. The molecule has 17 heavy (non-hydrogen) atoms. The molecular weight excluding hydrogens is 228 g/mol. The lowest BCUT2D eigenvalue weighted by molar-refractivity contribution is 0.0721. The van der Waals surface area contributed by atoms with Gasteiger partial charge in [-0.05, 0) is 18.6 Å². The predicted molar refractivity (Wildman–Crippen MR) is 59.6 cm³/mol. The molecule has 0 saturated carbocycles. The van der Waals surface area contributed by atoms with Gasteiger partial charge in [-0.25, -0.2) is 8.78 Å². The number of halogens is 2. The number of amides is 1. The van der Waals surface area contributed by atoms with Gasteiger partial charge in [0.25, 0.3) is 5.91 Å². The first-order chi connectivity index (χ1) is 8.08. The maximum Gasteiger partial charge on any atom is 0.254 e. The Morgan fingerprint density at radius 2 is 1.82 bits per heavy atom. The minimum absolute atomic E-state index is 0.0376. The van der Waals surface area contributed by atoms with Crippen molar-refractivity contribution in [3.63, 3.8) is 0 Å². The number of rotatable bonds is 5. The van der Waals surface area contributed by atoms with Crippen LogP contribution in [0, 0.1) is 11.6 Å². The van der Waals surface area contributed by atoms with Crippen LogP contribution in [-0.4, -0.2) is 35.6 Å². The Hall–Kier alpha value is -1.49. The van der Waals surface area contributed by atoms with Gasteiger partial charge in [0.1, 0.15) is 11.6 Å². The zero-order chi connectivity index (χ0) is 12.8. The summed E-state index contributed by atoms with van der Waals surface area (Å²) in [5, 5.41) is 8.83. The van der Waals surface area contributed by atoms with E-state index in [2.05, 4.69) is 0 Å². The molecule has 0 radical (unpaired) electrons. The first kappa shape index (κ1) is 13.6. The number of aliphatic hydroxyl groups is 1. The number of benzene rings is 1. The Morgan fingerprint density at radius 1 is 1.24 bits per heavy atom. The summed E-state index contributed by atoms with van der Waals surface area (Å²) in [5.41, 5.74) is -0.0376. The standard InChI is InChI=1S/C12H15F2NO2/c1-2-3-15(4-5-16)12(17)9-6-10(13)8-11(14)7-9/h6-8,16H,2-5H2,1H3. The van der Waals surface area contributed by atoms with Crippen molar-refractivity contribution in [1.82, 2.24) is 4.90 Å². The minimum Gasteiger partial charge on any atom is -0.395 e. The van der Waals surface area contributed by atoms with E-state index in [-0.39, 0.29) is 18.7 Å². The van der Waals surface area contributed by atoms with E-state index in [0.717, 1.165) is 12.1 Å². The van der Waals surface area contributed by atoms with Gasteiger partial charge < -0.3 is 10.0 Å². The monoisotopic (exact) mass is 243 g/mol. The molecule has 0 saturated heterocycles. The normalized spacial score (nSPS) is 10.4. The first-order valence-corrected chi connectivity index (χ1v) is 5.44. The molecule has 5 heteroatoms. The molecule has 0 aliphatic heterocycles. The number of aliphatic hydroxyl groups excluding tert-OH is 1. The minimum atomic E-state index is -0.784. The molecule has 0 unspecified atom stereocenters. The SMILES string of the molecule is CCCN(CCO)C(=O)c1cc(F)cc(F)c1. The van der Waals surface area contributed by atoms with Crippen LogP contribution < -0.4 is 0 Å². The van der Waals surface area contributed by atoms with Crippen LogP contribution in [0.25, 0.3) is 0 Å². The summed E-state index contributed by atoms with van der Waals surface area (Å²) in [7, 11) is 0. The molecule has 1 aromatic rings. The van der Waals surface area contributed by atoms with Crippen LogP contribution in [0.2, 0.25) is 0 Å². The van der Waals surface area contributed by atoms with E-state index in [0.29, 0.717) is 19.0 Å². The fourth-order valence-corrected chi connectivity index (χ4v) is 1.57. The predicted octanol–water partition coefficient (Wildman–Crippen LogP) is 1.81. The molecule has 1 amide bonds. The summed E-state index contributed by atoms with van der Waals surface area (Å²) in [6, 6.07) is 2.70. The molecule has 0 bridgehead atoms. The average molecular weight is 243 g/mol. The van der Waals surface area contributed by atoms with E-state index in [1.807, 2.05) is 6.92 Å². The summed E-state index contributed by atoms with van der Waals surface area (Å²) < 4.78 is 25.9. The van der Waals surface area contributed by atoms with Crippen LogP contribution >= 0.6 is 0 Å². The molecule has 0 aliphatic rings. The highest BCUT2D eigenvalue weighted by molar-refractivity contribution is 5.94. The summed E-state index contributed by atoms with van der Waals surface area (Å²) >= 11 is 0. The molecule has 0 heterocycles. The van der Waals surface area contributed by atoms with Crippen molar-refractivity contribution in [3.8, 4) is 0 Å². The first-order valence-electron chi connectivity index (χ1n) is 5.44. The fraction of sp³-hybridized carbons (Fsp3) is 0.417. The second-order valence-electron chi connectivity index (χ2n) is 3.67. The van der Waals surface area contributed by atoms with Crippen molar-refractivity contribution in [3.05, 3.63) is 35.4 Å². The third kappa shape index (κ3) is 3.78. The molecule has 3 nitrogen and oxygen atoms in total. The van der Waals surface area contributed by atoms with E-state index in [1.165, 1.54) is 4.90 Å². The zero-order valence-electron chi connectivity index (χ0n) is 9.62. The fourth-order valence-electron chi connectivity index (χ4n) is 1.57. The van der Waals surface area contributed by atoms with Crippen LogP contribution in [0.4, 0.5) is 8.78 Å². The number of hydrogen-bond donors (Lipinski definition) is 1. The van der Waals surface area contributed by atoms with Gasteiger partial charge >= 0.3 is 0 Å². The average Bonchev–Trinajstić information content (AvgIpc) is 2.26. The number of hydrogen-bond acceptors (Lipinski definition) is 2. The zero-order valence-corrected chi connectivity index (χ0v) is 9.62. The molecule has 0 spiro atoms. The number of carbonyl (C=O) groups is 1. The van der Waals surface area contributed by atoms with Crippen molar-refractivity contribution in [2.45, 2.75) is 13.3 Å². The molecule has 0 atom stereocenters. The Morgan fingerprint density at radius 3 is 2.29 bits per heavy atom. The van der Waals surface area contributed by atoms with E-state index >= 15 is 0 Å². The van der Waals surface area contributed by atoms with E-state index in [1.54, 1.807) is 0 Å². The van der Waals surface area contributed by atoms with Crippen LogP contribution in [0.3, 0.4) is 0 Å². The van der Waals surface area contributed by atoms with E-state index < -0.39 is 17.5 Å². The second kappa shape index (κ2) is 6.30. The lowest BCUT2D eigenvalue weighted by Gasteiger charge is -2.21. The number of carbonyl (C=O) groups excluding carboxylic acids is 1. The highest BCUT2D eigenvalue weighted by Crippen LogP contribution is 2.11. The molecular formula is C12H15F2NO2. The van der Waals surface area contributed by atoms with Gasteiger partial charge in [-0.1, -0.05) is 6.92 Å². The molecule has 94 valence electrons. The smallest absolute Gasteiger partial charge is 0.254 e. The Kier molecular flexibility index (Phi) is 5.03. The molecule has 0 fully saturated rings. The lowest BCUT2D eigenvalue weighted by Crippen LogP contribution is -2.34. The highest BCUT2D eigenvalue weighted by atomic mass is 19.1. The summed E-state index contributed by atoms with van der Waals surface area (Å²) in [4.78, 5) is 13.3. The van der Waals surface area contributed by atoms with Crippen LogP contribution in [0.15, 0.2) is 18.2 Å². The molecule has 1 aromatic carbocycles. The lowest BCUT2D eigenvalue weighted by atomic mass is 10.2. The van der Waals surface area contributed by atoms with Crippen molar-refractivity contribution in [2.75, 3.05) is 19.7 Å². The summed E-state index contributed by atoms with van der Waals surface area (Å²) in [5.74, 6) is -2.04. The molecule has 1 N–H and O–H groups in total. The molecule has 0 aliphatic carbocycles. The van der Waals surface area contributed by atoms with E-state index in [4.69, 9.17) is 5.11 Å². The van der Waals surface area contributed by atoms with Crippen molar-refractivity contribution >= 4 is 5.91 Å². The van der Waals surface area contributed by atoms with Crippen molar-refractivity contribution < 1.29 is 18.7 Å². The Labute approximate surface area is 98.7 Å². The van der Waals surface area contributed by atoms with Gasteiger partial charge in [-0.3, -0.25) is 4.79 Å². The Bertz CT molecular complexity index is 370. The summed E-state index contributed by atoms with van der Waals surface area (Å²) in [6.45, 7) is 2.30. The van der Waals surface area contributed by atoms with Crippen LogP contribution in [0.1, 0.15) is 23.7 Å². The van der Waals surface area contributed by atoms with E-state index in [9.17, 15) is 13.6 Å². The van der Waals surface area contributed by atoms with Crippen LogP contribution in [0.5, 0.6) is 0 Å². The number of nitrogens with zero attached hydrogens (tertiary/aromatic N) is 1. The highest BCUT2D eigenvalue weighted by Gasteiger charge is 2.16. The second-order valence-corrected chi connectivity index (χ2v) is 3.67. The maximum atomic E-state index is 13.0. The van der Waals surface area contributed by atoms with Gasteiger partial charge in [0.15, 0.2) is 0 Å². The summed E-state index contributed by atoms with van der Waals surface area (Å²) in [6.07, 6.45) is 0.712. The quantitative estimate of drug-likeness (QED) is 0.856. The van der Waals surface area contributed by atoms with Gasteiger partial charge in [0, 0.05) is 24.7 Å². The topological polar surface area (TPSA) is 40.5 Å². The molecule has 1 rings (SSSR count). The Balaban J connectivity index is 2.92. The van der Waals surface area contributed by atoms with Gasteiger partial charge in [0.2, 0.25) is 0 Å². The molecule has 0 aromatic heterocycles. The van der Waals surface area contributed by atoms with Crippen LogP contribution in [-0.2, 0) is 0 Å². The van der Waals surface area contributed by atoms with Crippen molar-refractivity contribution in [2.24, 2.45) is 0 Å². The van der Waals surface area contributed by atoms with Crippen molar-refractivity contribution in [1.29, 1.82) is 0 Å². The largest absolute Gasteiger partial charge is 0.395 e. The third-order valence-electron chi connectivity index (χ3n) is 2.26. The van der Waals surface area contributed by atoms with Gasteiger partial charge in [0.05, 0.1) is 6.61 Å².